The van der Waals surface area contributed by atoms with E-state index >= 15 is 0 Å². The van der Waals surface area contributed by atoms with E-state index in [2.05, 4.69) is 34.5 Å². The van der Waals surface area contributed by atoms with Gasteiger partial charge in [0.05, 0.1) is 50.6 Å². The van der Waals surface area contributed by atoms with E-state index in [1.165, 1.54) is 0 Å². The summed E-state index contributed by atoms with van der Waals surface area (Å²) < 4.78 is 41.3. The number of fused-ring (bicyclic) bond motifs is 4. The van der Waals surface area contributed by atoms with E-state index in [4.69, 9.17) is 24.4 Å². The second-order valence-corrected chi connectivity index (χ2v) is 14.0. The number of carbonyl (C=O) groups is 1. The standard InChI is InChI=1S/C35H43F2N9O3/c1-43(2)24-11-13-44(14-12-24)25-9-7-23(8-10-25)39-35(47)38-22-5-3-21(4-6-22)32-40-33(45-26-15-28(36)30(45)19-48-17-26)42-34(41-32)46-27-16-29(37)31(46)20-49-18-27/h3-10,24,26-31H,11-20H2,1-2H3,(H2,38,39,47)/t26-,27-,28+,29+,30-,31-/m0/s1. The third kappa shape index (κ3) is 6.37. The topological polar surface area (TPSA) is 111 Å². The molecule has 2 amide bonds. The highest BCUT2D eigenvalue weighted by molar-refractivity contribution is 6.00. The second-order valence-electron chi connectivity index (χ2n) is 14.0. The summed E-state index contributed by atoms with van der Waals surface area (Å²) in [5.41, 5.74) is 3.14. The van der Waals surface area contributed by atoms with Gasteiger partial charge in [-0.25, -0.2) is 13.6 Å². The van der Waals surface area contributed by atoms with Crippen LogP contribution in [0.2, 0.25) is 0 Å². The Bertz CT molecular complexity index is 1590. The predicted octanol–water partition coefficient (Wildman–Crippen LogP) is 4.34. The van der Waals surface area contributed by atoms with Crippen LogP contribution in [-0.2, 0) is 9.47 Å². The second kappa shape index (κ2) is 13.3. The Morgan fingerprint density at radius 2 is 1.27 bits per heavy atom. The zero-order valence-corrected chi connectivity index (χ0v) is 27.8. The summed E-state index contributed by atoms with van der Waals surface area (Å²) in [6, 6.07) is 14.1. The maximum atomic E-state index is 15.0. The Labute approximate surface area is 284 Å². The molecular formula is C35H43F2N9O3. The summed E-state index contributed by atoms with van der Waals surface area (Å²) in [6.07, 6.45) is 0.856. The maximum absolute atomic E-state index is 15.0. The van der Waals surface area contributed by atoms with Crippen LogP contribution in [0.25, 0.3) is 11.4 Å². The normalized spacial score (nSPS) is 28.3. The van der Waals surface area contributed by atoms with Crippen molar-refractivity contribution >= 4 is 35.0 Å². The van der Waals surface area contributed by atoms with Gasteiger partial charge in [-0.15, -0.1) is 0 Å². The molecule has 260 valence electrons. The molecule has 3 aromatic rings. The van der Waals surface area contributed by atoms with Gasteiger partial charge in [-0.3, -0.25) is 0 Å². The lowest BCUT2D eigenvalue weighted by atomic mass is 10.0. The van der Waals surface area contributed by atoms with Crippen LogP contribution in [0, 0.1) is 0 Å². The lowest BCUT2D eigenvalue weighted by molar-refractivity contribution is 0.0810. The lowest BCUT2D eigenvalue weighted by Crippen LogP contribution is -2.50. The molecule has 5 fully saturated rings. The SMILES string of the molecule is CN(C)C1CCN(c2ccc(NC(=O)Nc3ccc(-c4nc(N5[C@@H]6COC[C@H]5[C@H](F)C6)nc(N5[C@@H]6COC[C@H]5[C@H](F)C6)n4)cc3)cc2)CC1. The minimum Gasteiger partial charge on any atom is -0.377 e. The molecule has 2 N–H and O–H groups in total. The summed E-state index contributed by atoms with van der Waals surface area (Å²) in [6.45, 7) is 3.32. The monoisotopic (exact) mass is 675 g/mol. The number of halogens is 2. The fraction of sp³-hybridized carbons (Fsp3) is 0.543. The number of urea groups is 1. The van der Waals surface area contributed by atoms with Crippen molar-refractivity contribution in [3.8, 4) is 11.4 Å². The number of piperidine rings is 1. The van der Waals surface area contributed by atoms with Gasteiger partial charge < -0.3 is 39.7 Å². The van der Waals surface area contributed by atoms with Gasteiger partial charge in [-0.05, 0) is 75.5 Å². The fourth-order valence-electron chi connectivity index (χ4n) is 8.00. The first-order valence-electron chi connectivity index (χ1n) is 17.3. The quantitative estimate of drug-likeness (QED) is 0.375. The fourth-order valence-corrected chi connectivity index (χ4v) is 8.00. The molecule has 2 aromatic carbocycles. The van der Waals surface area contributed by atoms with Gasteiger partial charge in [0.2, 0.25) is 11.9 Å². The van der Waals surface area contributed by atoms with E-state index in [0.29, 0.717) is 66.8 Å². The summed E-state index contributed by atoms with van der Waals surface area (Å²) >= 11 is 0. The minimum absolute atomic E-state index is 0.186. The summed E-state index contributed by atoms with van der Waals surface area (Å²) in [7, 11) is 4.28. The number of benzene rings is 2. The van der Waals surface area contributed by atoms with Crippen molar-refractivity contribution in [1.82, 2.24) is 19.9 Å². The van der Waals surface area contributed by atoms with Crippen LogP contribution in [-0.4, -0.2) is 122 Å². The third-order valence-corrected chi connectivity index (χ3v) is 10.7. The zero-order valence-electron chi connectivity index (χ0n) is 27.8. The highest BCUT2D eigenvalue weighted by Crippen LogP contribution is 2.39. The summed E-state index contributed by atoms with van der Waals surface area (Å²) in [5, 5.41) is 5.80. The Morgan fingerprint density at radius 3 is 1.76 bits per heavy atom. The van der Waals surface area contributed by atoms with Crippen LogP contribution >= 0.6 is 0 Å². The number of aromatic nitrogens is 3. The first kappa shape index (κ1) is 32.1. The van der Waals surface area contributed by atoms with Gasteiger partial charge in [0.15, 0.2) is 5.82 Å². The van der Waals surface area contributed by atoms with Gasteiger partial charge in [0.1, 0.15) is 12.3 Å². The number of ether oxygens (including phenoxy) is 2. The summed E-state index contributed by atoms with van der Waals surface area (Å²) in [5.74, 6) is 1.13. The number of rotatable bonds is 7. The number of anilines is 5. The Balaban J connectivity index is 0.973. The van der Waals surface area contributed by atoms with Crippen molar-refractivity contribution in [1.29, 1.82) is 0 Å². The van der Waals surface area contributed by atoms with Crippen LogP contribution < -0.4 is 25.3 Å². The number of amides is 2. The van der Waals surface area contributed by atoms with Gasteiger partial charge in [0, 0.05) is 54.6 Å². The van der Waals surface area contributed by atoms with Crippen LogP contribution in [0.4, 0.5) is 42.5 Å². The minimum atomic E-state index is -1.05. The Morgan fingerprint density at radius 1 is 0.755 bits per heavy atom. The van der Waals surface area contributed by atoms with Crippen molar-refractivity contribution in [3.63, 3.8) is 0 Å². The number of hydrogen-bond donors (Lipinski definition) is 2. The van der Waals surface area contributed by atoms with Crippen molar-refractivity contribution < 1.29 is 23.0 Å². The van der Waals surface area contributed by atoms with Crippen molar-refractivity contribution in [2.24, 2.45) is 0 Å². The lowest BCUT2D eigenvalue weighted by Gasteiger charge is -2.37. The van der Waals surface area contributed by atoms with Crippen LogP contribution in [0.5, 0.6) is 0 Å². The molecule has 0 radical (unpaired) electrons. The number of hydrogen-bond acceptors (Lipinski definition) is 10. The molecule has 14 heteroatoms. The maximum Gasteiger partial charge on any atom is 0.323 e. The molecule has 5 aliphatic heterocycles. The zero-order chi connectivity index (χ0) is 33.6. The van der Waals surface area contributed by atoms with E-state index in [-0.39, 0.29) is 31.3 Å². The average molecular weight is 676 g/mol. The van der Waals surface area contributed by atoms with Crippen molar-refractivity contribution in [3.05, 3.63) is 48.5 Å². The van der Waals surface area contributed by atoms with E-state index in [0.717, 1.165) is 31.6 Å². The number of nitrogens with zero attached hydrogens (tertiary/aromatic N) is 7. The molecule has 6 heterocycles. The smallest absolute Gasteiger partial charge is 0.323 e. The van der Waals surface area contributed by atoms with E-state index in [1.54, 1.807) is 12.1 Å². The molecule has 8 rings (SSSR count). The molecular weight excluding hydrogens is 632 g/mol. The average Bonchev–Trinajstić information content (AvgIpc) is 3.42. The summed E-state index contributed by atoms with van der Waals surface area (Å²) in [4.78, 5) is 35.8. The largest absolute Gasteiger partial charge is 0.377 e. The van der Waals surface area contributed by atoms with E-state index in [9.17, 15) is 13.6 Å². The van der Waals surface area contributed by atoms with Crippen LogP contribution in [0.15, 0.2) is 48.5 Å². The molecule has 0 aliphatic carbocycles. The van der Waals surface area contributed by atoms with Gasteiger partial charge >= 0.3 is 6.03 Å². The molecule has 0 spiro atoms. The molecule has 1 aromatic heterocycles. The van der Waals surface area contributed by atoms with Gasteiger partial charge in [0.25, 0.3) is 0 Å². The van der Waals surface area contributed by atoms with E-state index in [1.807, 2.05) is 46.2 Å². The molecule has 5 saturated heterocycles. The third-order valence-electron chi connectivity index (χ3n) is 10.7. The Kier molecular flexibility index (Phi) is 8.70. The van der Waals surface area contributed by atoms with Crippen molar-refractivity contribution in [2.75, 3.05) is 78.9 Å². The molecule has 0 saturated carbocycles. The molecule has 49 heavy (non-hydrogen) atoms. The highest BCUT2D eigenvalue weighted by Gasteiger charge is 2.49. The van der Waals surface area contributed by atoms with Crippen LogP contribution in [0.1, 0.15) is 25.7 Å². The molecule has 5 aliphatic rings. The predicted molar refractivity (Wildman–Crippen MR) is 184 cm³/mol. The molecule has 0 unspecified atom stereocenters. The Hall–Kier alpha value is -4.14. The van der Waals surface area contributed by atoms with Crippen molar-refractivity contribution in [2.45, 2.75) is 68.2 Å². The molecule has 12 nitrogen and oxygen atoms in total. The molecule has 4 bridgehead atoms. The van der Waals surface area contributed by atoms with Gasteiger partial charge in [-0.1, -0.05) is 0 Å². The first-order chi connectivity index (χ1) is 23.8. The number of nitrogens with one attached hydrogen (secondary N) is 2. The highest BCUT2D eigenvalue weighted by atomic mass is 19.1. The van der Waals surface area contributed by atoms with Crippen LogP contribution in [0.3, 0.4) is 0 Å². The number of morpholine rings is 2. The molecule has 6 atom stereocenters. The van der Waals surface area contributed by atoms with Gasteiger partial charge in [-0.2, -0.15) is 15.0 Å². The number of alkyl halides is 2. The number of carbonyl (C=O) groups excluding carboxylic acids is 1. The first-order valence-corrected chi connectivity index (χ1v) is 17.3. The van der Waals surface area contributed by atoms with E-state index < -0.39 is 24.4 Å².